The Balaban J connectivity index is 1.46. The van der Waals surface area contributed by atoms with E-state index in [9.17, 15) is 31.2 Å². The molecule has 0 aromatic carbocycles. The van der Waals surface area contributed by atoms with Crippen molar-refractivity contribution in [1.82, 2.24) is 9.97 Å². The largest absolute Gasteiger partial charge is 0.465 e. The molecule has 0 spiro atoms. The number of ether oxygens (including phenoxy) is 1. The molecule has 1 aliphatic carbocycles. The molecule has 3 heterocycles. The van der Waals surface area contributed by atoms with Crippen molar-refractivity contribution in [2.45, 2.75) is 43.4 Å². The van der Waals surface area contributed by atoms with Crippen LogP contribution in [0.3, 0.4) is 0 Å². The molecule has 1 aliphatic rings. The zero-order valence-electron chi connectivity index (χ0n) is 18.8. The number of fused-ring (bicyclic) bond motifs is 1. The fourth-order valence-electron chi connectivity index (χ4n) is 3.77. The van der Waals surface area contributed by atoms with Gasteiger partial charge in [-0.15, -0.1) is 22.7 Å². The third kappa shape index (κ3) is 5.60. The minimum Gasteiger partial charge on any atom is -0.465 e. The van der Waals surface area contributed by atoms with Crippen LogP contribution in [-0.4, -0.2) is 43.1 Å². The average Bonchev–Trinajstić information content (AvgIpc) is 3.56. The molecule has 0 bridgehead atoms. The van der Waals surface area contributed by atoms with Gasteiger partial charge in [-0.1, -0.05) is 6.07 Å². The molecule has 1 N–H and O–H groups in total. The predicted octanol–water partition coefficient (Wildman–Crippen LogP) is 4.75. The van der Waals surface area contributed by atoms with E-state index in [-0.39, 0.29) is 18.5 Å². The molecule has 0 atom stereocenters. The summed E-state index contributed by atoms with van der Waals surface area (Å²) in [5.74, 6) is -1.72. The lowest BCUT2D eigenvalue weighted by atomic mass is 10.1. The summed E-state index contributed by atoms with van der Waals surface area (Å²) in [5.41, 5.74) is -0.342. The first-order chi connectivity index (χ1) is 17.0. The molecule has 0 radical (unpaired) electrons. The minimum absolute atomic E-state index is 0.148. The number of sulfone groups is 1. The highest BCUT2D eigenvalue weighted by atomic mass is 32.2. The summed E-state index contributed by atoms with van der Waals surface area (Å²) < 4.78 is 70.4. The van der Waals surface area contributed by atoms with Gasteiger partial charge in [-0.3, -0.25) is 4.79 Å². The molecule has 36 heavy (non-hydrogen) atoms. The van der Waals surface area contributed by atoms with Gasteiger partial charge in [0.15, 0.2) is 0 Å². The van der Waals surface area contributed by atoms with Crippen molar-refractivity contribution in [3.63, 3.8) is 0 Å². The lowest BCUT2D eigenvalue weighted by Crippen LogP contribution is -2.18. The van der Waals surface area contributed by atoms with Crippen molar-refractivity contribution in [1.29, 1.82) is 0 Å². The number of hydrogen-bond acceptors (Lipinski definition) is 9. The molecule has 3 aromatic heterocycles. The smallest absolute Gasteiger partial charge is 0.433 e. The number of alkyl halides is 3. The second kappa shape index (κ2) is 10.3. The van der Waals surface area contributed by atoms with Crippen LogP contribution in [0.1, 0.15) is 45.8 Å². The quantitative estimate of drug-likeness (QED) is 0.313. The first kappa shape index (κ1) is 26.2. The topological polar surface area (TPSA) is 115 Å². The van der Waals surface area contributed by atoms with Gasteiger partial charge in [0, 0.05) is 11.3 Å². The SMILES string of the molecule is COC(=O)c1c(NC(=O)CCCS(=O)(=O)c2nc(-c3cccs3)cc(C(F)(F)F)n2)sc2c1CCC2. The molecular weight excluding hydrogens is 539 g/mol. The second-order valence-electron chi connectivity index (χ2n) is 7.92. The minimum atomic E-state index is -4.86. The van der Waals surface area contributed by atoms with Gasteiger partial charge >= 0.3 is 12.1 Å². The Bertz CT molecular complexity index is 1400. The van der Waals surface area contributed by atoms with Crippen LogP contribution >= 0.6 is 22.7 Å². The number of methoxy groups -OCH3 is 1. The van der Waals surface area contributed by atoms with Gasteiger partial charge in [0.2, 0.25) is 20.9 Å². The number of amides is 1. The van der Waals surface area contributed by atoms with Crippen LogP contribution in [-0.2, 0) is 38.4 Å². The van der Waals surface area contributed by atoms with Gasteiger partial charge in [0.25, 0.3) is 0 Å². The van der Waals surface area contributed by atoms with E-state index < -0.39 is 44.5 Å². The number of carbonyl (C=O) groups excluding carboxylic acids is 2. The zero-order chi connectivity index (χ0) is 26.1. The number of hydrogen-bond donors (Lipinski definition) is 1. The maximum absolute atomic E-state index is 13.4. The van der Waals surface area contributed by atoms with Gasteiger partial charge < -0.3 is 10.1 Å². The molecule has 0 unspecified atom stereocenters. The molecule has 192 valence electrons. The van der Waals surface area contributed by atoms with Crippen molar-refractivity contribution in [2.75, 3.05) is 18.2 Å². The molecule has 0 saturated carbocycles. The number of halogens is 3. The van der Waals surface area contributed by atoms with Crippen LogP contribution in [0.2, 0.25) is 0 Å². The molecule has 1 amide bonds. The molecule has 0 aliphatic heterocycles. The number of nitrogens with one attached hydrogen (secondary N) is 1. The fourth-order valence-corrected chi connectivity index (χ4v) is 6.94. The summed E-state index contributed by atoms with van der Waals surface area (Å²) in [7, 11) is -3.07. The second-order valence-corrected chi connectivity index (χ2v) is 12.0. The molecule has 14 heteroatoms. The molecule has 4 rings (SSSR count). The Hall–Kier alpha value is -2.84. The average molecular weight is 560 g/mol. The number of aromatic nitrogens is 2. The molecule has 0 fully saturated rings. The van der Waals surface area contributed by atoms with Gasteiger partial charge in [0.1, 0.15) is 10.7 Å². The number of rotatable bonds is 8. The molecule has 3 aromatic rings. The maximum atomic E-state index is 13.4. The third-order valence-electron chi connectivity index (χ3n) is 5.43. The van der Waals surface area contributed by atoms with Crippen molar-refractivity contribution in [2.24, 2.45) is 0 Å². The van der Waals surface area contributed by atoms with Gasteiger partial charge in [-0.2, -0.15) is 13.2 Å². The normalized spacial score (nSPS) is 13.4. The molecule has 8 nitrogen and oxygen atoms in total. The van der Waals surface area contributed by atoms with E-state index in [4.69, 9.17) is 4.74 Å². The number of nitrogens with zero attached hydrogens (tertiary/aromatic N) is 2. The number of aryl methyl sites for hydroxylation is 1. The van der Waals surface area contributed by atoms with Gasteiger partial charge in [0.05, 0.1) is 29.0 Å². The lowest BCUT2D eigenvalue weighted by Gasteiger charge is -2.10. The summed E-state index contributed by atoms with van der Waals surface area (Å²) in [6.45, 7) is 0. The van der Waals surface area contributed by atoms with Crippen molar-refractivity contribution in [3.05, 3.63) is 45.3 Å². The third-order valence-corrected chi connectivity index (χ3v) is 9.09. The van der Waals surface area contributed by atoms with E-state index in [0.717, 1.165) is 34.6 Å². The first-order valence-electron chi connectivity index (χ1n) is 10.7. The number of esters is 1. The van der Waals surface area contributed by atoms with Gasteiger partial charge in [-0.05, 0) is 48.8 Å². The van der Waals surface area contributed by atoms with Crippen molar-refractivity contribution in [3.8, 4) is 10.6 Å². The fraction of sp³-hybridized carbons (Fsp3) is 0.364. The Morgan fingerprint density at radius 1 is 1.22 bits per heavy atom. The van der Waals surface area contributed by atoms with E-state index in [0.29, 0.717) is 27.9 Å². The standard InChI is InChI=1S/C22H20F3N3O5S3/c1-33-20(30)18-12-5-2-6-14(12)35-19(18)28-17(29)8-4-10-36(31,32)21-26-13(15-7-3-9-34-15)11-16(27-21)22(23,24)25/h3,7,9,11H,2,4-6,8,10H2,1H3,(H,28,29). The van der Waals surface area contributed by atoms with Crippen LogP contribution in [0.4, 0.5) is 18.2 Å². The summed E-state index contributed by atoms with van der Waals surface area (Å²) in [6.07, 6.45) is -2.88. The Kier molecular flexibility index (Phi) is 7.48. The number of anilines is 1. The monoisotopic (exact) mass is 559 g/mol. The van der Waals surface area contributed by atoms with E-state index in [1.165, 1.54) is 24.5 Å². The zero-order valence-corrected chi connectivity index (χ0v) is 21.3. The number of carbonyl (C=O) groups is 2. The Labute approximate surface area is 212 Å². The highest BCUT2D eigenvalue weighted by Gasteiger charge is 2.35. The van der Waals surface area contributed by atoms with Crippen LogP contribution < -0.4 is 5.32 Å². The summed E-state index contributed by atoms with van der Waals surface area (Å²) in [5, 5.41) is 3.68. The lowest BCUT2D eigenvalue weighted by molar-refractivity contribution is -0.141. The van der Waals surface area contributed by atoms with Gasteiger partial charge in [-0.25, -0.2) is 23.2 Å². The van der Waals surface area contributed by atoms with Crippen molar-refractivity contribution < 1.29 is 35.9 Å². The molecular formula is C22H20F3N3O5S3. The van der Waals surface area contributed by atoms with Crippen LogP contribution in [0, 0.1) is 0 Å². The van der Waals surface area contributed by atoms with Crippen LogP contribution in [0.15, 0.2) is 28.7 Å². The van der Waals surface area contributed by atoms with Crippen LogP contribution in [0.5, 0.6) is 0 Å². The maximum Gasteiger partial charge on any atom is 0.433 e. The summed E-state index contributed by atoms with van der Waals surface area (Å²) in [4.78, 5) is 33.2. The Morgan fingerprint density at radius 3 is 2.67 bits per heavy atom. The van der Waals surface area contributed by atoms with Crippen molar-refractivity contribution >= 4 is 49.4 Å². The number of thiophene rings is 2. The first-order valence-corrected chi connectivity index (χ1v) is 14.1. The van der Waals surface area contributed by atoms with E-state index in [1.807, 2.05) is 0 Å². The predicted molar refractivity (Wildman–Crippen MR) is 128 cm³/mol. The van der Waals surface area contributed by atoms with E-state index in [2.05, 4.69) is 15.3 Å². The summed E-state index contributed by atoms with van der Waals surface area (Å²) in [6, 6.07) is 3.84. The Morgan fingerprint density at radius 2 is 2.00 bits per heavy atom. The van der Waals surface area contributed by atoms with Crippen LogP contribution in [0.25, 0.3) is 10.6 Å². The molecule has 0 saturated heterocycles. The van der Waals surface area contributed by atoms with E-state index >= 15 is 0 Å². The summed E-state index contributed by atoms with van der Waals surface area (Å²) >= 11 is 2.40. The highest BCUT2D eigenvalue weighted by Crippen LogP contribution is 2.39. The highest BCUT2D eigenvalue weighted by molar-refractivity contribution is 7.91. The van der Waals surface area contributed by atoms with E-state index in [1.54, 1.807) is 11.4 Å².